The summed E-state index contributed by atoms with van der Waals surface area (Å²) in [4.78, 5) is 11.3. The van der Waals surface area contributed by atoms with Crippen molar-refractivity contribution < 1.29 is 9.90 Å². The molecule has 0 aliphatic carbocycles. The van der Waals surface area contributed by atoms with E-state index in [0.29, 0.717) is 19.3 Å². The van der Waals surface area contributed by atoms with Gasteiger partial charge in [-0.2, -0.15) is 0 Å². The molecule has 1 rings (SSSR count). The van der Waals surface area contributed by atoms with Gasteiger partial charge in [0.2, 0.25) is 5.91 Å². The highest BCUT2D eigenvalue weighted by molar-refractivity contribution is 5.90. The van der Waals surface area contributed by atoms with Crippen LogP contribution in [0.2, 0.25) is 0 Å². The van der Waals surface area contributed by atoms with E-state index in [-0.39, 0.29) is 12.5 Å². The summed E-state index contributed by atoms with van der Waals surface area (Å²) in [5.74, 6) is -0.0235. The number of carbonyl (C=O) groups excluding carboxylic acids is 1. The SMILES string of the molecule is [O]CCCCC(=O)Nc1ccccc1. The Labute approximate surface area is 83.8 Å². The summed E-state index contributed by atoms with van der Waals surface area (Å²) in [5.41, 5.74) is 0.805. The van der Waals surface area contributed by atoms with Crippen LogP contribution < -0.4 is 5.32 Å². The van der Waals surface area contributed by atoms with E-state index >= 15 is 0 Å². The van der Waals surface area contributed by atoms with Gasteiger partial charge in [0.15, 0.2) is 0 Å². The number of hydrogen-bond donors (Lipinski definition) is 1. The average Bonchev–Trinajstić information content (AvgIpc) is 2.20. The van der Waals surface area contributed by atoms with Crippen LogP contribution >= 0.6 is 0 Å². The lowest BCUT2D eigenvalue weighted by Crippen LogP contribution is -2.10. The minimum Gasteiger partial charge on any atom is -0.326 e. The van der Waals surface area contributed by atoms with Crippen LogP contribution in [0.15, 0.2) is 30.3 Å². The quantitative estimate of drug-likeness (QED) is 0.714. The third-order valence-corrected chi connectivity index (χ3v) is 1.86. The third kappa shape index (κ3) is 4.05. The van der Waals surface area contributed by atoms with Crippen LogP contribution in [-0.4, -0.2) is 12.5 Å². The highest BCUT2D eigenvalue weighted by Gasteiger charge is 2.00. The fourth-order valence-electron chi connectivity index (χ4n) is 1.13. The van der Waals surface area contributed by atoms with E-state index < -0.39 is 0 Å². The summed E-state index contributed by atoms with van der Waals surface area (Å²) in [6.45, 7) is -0.0986. The molecule has 0 saturated heterocycles. The molecule has 1 amide bonds. The molecule has 0 aliphatic heterocycles. The normalized spacial score (nSPS) is 9.79. The predicted octanol–water partition coefficient (Wildman–Crippen LogP) is 2.23. The monoisotopic (exact) mass is 192 g/mol. The van der Waals surface area contributed by atoms with Crippen molar-refractivity contribution in [2.75, 3.05) is 11.9 Å². The van der Waals surface area contributed by atoms with E-state index in [1.165, 1.54) is 0 Å². The molecule has 0 aromatic heterocycles. The lowest BCUT2D eigenvalue weighted by molar-refractivity contribution is -0.116. The van der Waals surface area contributed by atoms with E-state index in [2.05, 4.69) is 5.32 Å². The maximum absolute atomic E-state index is 11.3. The summed E-state index contributed by atoms with van der Waals surface area (Å²) in [6.07, 6.45) is 1.67. The van der Waals surface area contributed by atoms with Gasteiger partial charge in [0, 0.05) is 12.1 Å². The molecule has 3 heteroatoms. The molecule has 75 valence electrons. The number of para-hydroxylation sites is 1. The Morgan fingerprint density at radius 1 is 1.14 bits per heavy atom. The van der Waals surface area contributed by atoms with E-state index in [9.17, 15) is 9.90 Å². The molecule has 0 saturated carbocycles. The predicted molar refractivity (Wildman–Crippen MR) is 54.5 cm³/mol. The van der Waals surface area contributed by atoms with Crippen LogP contribution in [-0.2, 0) is 9.90 Å². The second kappa shape index (κ2) is 6.16. The number of carbonyl (C=O) groups is 1. The Morgan fingerprint density at radius 3 is 2.50 bits per heavy atom. The second-order valence-corrected chi connectivity index (χ2v) is 3.08. The van der Waals surface area contributed by atoms with Gasteiger partial charge in [-0.15, -0.1) is 0 Å². The zero-order chi connectivity index (χ0) is 10.2. The molecular weight excluding hydrogens is 178 g/mol. The smallest absolute Gasteiger partial charge is 0.224 e. The number of nitrogens with one attached hydrogen (secondary N) is 1. The lowest BCUT2D eigenvalue weighted by atomic mass is 10.2. The number of rotatable bonds is 5. The van der Waals surface area contributed by atoms with Gasteiger partial charge in [0.25, 0.3) is 0 Å². The molecule has 0 bridgehead atoms. The lowest BCUT2D eigenvalue weighted by Gasteiger charge is -2.03. The molecule has 1 N–H and O–H groups in total. The fourth-order valence-corrected chi connectivity index (χ4v) is 1.13. The summed E-state index contributed by atoms with van der Waals surface area (Å²) >= 11 is 0. The Balaban J connectivity index is 2.27. The summed E-state index contributed by atoms with van der Waals surface area (Å²) in [5, 5.41) is 12.9. The van der Waals surface area contributed by atoms with Crippen molar-refractivity contribution in [3.05, 3.63) is 30.3 Å². The van der Waals surface area contributed by atoms with Crippen molar-refractivity contribution in [2.45, 2.75) is 19.3 Å². The van der Waals surface area contributed by atoms with E-state index in [1.807, 2.05) is 30.3 Å². The second-order valence-electron chi connectivity index (χ2n) is 3.08. The number of benzene rings is 1. The topological polar surface area (TPSA) is 49.0 Å². The Morgan fingerprint density at radius 2 is 1.86 bits per heavy atom. The van der Waals surface area contributed by atoms with Gasteiger partial charge in [-0.1, -0.05) is 18.2 Å². The van der Waals surface area contributed by atoms with Crippen LogP contribution in [0.5, 0.6) is 0 Å². The molecule has 1 radical (unpaired) electrons. The molecule has 0 unspecified atom stereocenters. The zero-order valence-corrected chi connectivity index (χ0v) is 8.03. The minimum absolute atomic E-state index is 0.0235. The Hall–Kier alpha value is -1.35. The van der Waals surface area contributed by atoms with E-state index in [4.69, 9.17) is 0 Å². The third-order valence-electron chi connectivity index (χ3n) is 1.86. The number of amides is 1. The van der Waals surface area contributed by atoms with Crippen molar-refractivity contribution in [1.29, 1.82) is 0 Å². The molecule has 0 spiro atoms. The van der Waals surface area contributed by atoms with Gasteiger partial charge in [-0.25, -0.2) is 5.11 Å². The van der Waals surface area contributed by atoms with Crippen LogP contribution in [0.4, 0.5) is 5.69 Å². The van der Waals surface area contributed by atoms with Crippen molar-refractivity contribution in [3.63, 3.8) is 0 Å². The molecule has 3 nitrogen and oxygen atoms in total. The Kier molecular flexibility index (Phi) is 4.72. The van der Waals surface area contributed by atoms with Gasteiger partial charge >= 0.3 is 0 Å². The first kappa shape index (κ1) is 10.7. The van der Waals surface area contributed by atoms with E-state index in [0.717, 1.165) is 5.69 Å². The van der Waals surface area contributed by atoms with Gasteiger partial charge in [-0.3, -0.25) is 4.79 Å². The highest BCUT2D eigenvalue weighted by atomic mass is 16.2. The van der Waals surface area contributed by atoms with Gasteiger partial charge in [-0.05, 0) is 25.0 Å². The average molecular weight is 192 g/mol. The molecule has 0 atom stereocenters. The summed E-state index contributed by atoms with van der Waals surface area (Å²) < 4.78 is 0. The zero-order valence-electron chi connectivity index (χ0n) is 8.03. The molecular formula is C11H14NO2. The maximum Gasteiger partial charge on any atom is 0.224 e. The highest BCUT2D eigenvalue weighted by Crippen LogP contribution is 2.06. The number of unbranched alkanes of at least 4 members (excludes halogenated alkanes) is 1. The number of anilines is 1. The van der Waals surface area contributed by atoms with Crippen molar-refractivity contribution in [2.24, 2.45) is 0 Å². The first-order valence-electron chi connectivity index (χ1n) is 4.76. The summed E-state index contributed by atoms with van der Waals surface area (Å²) in [6, 6.07) is 9.31. The van der Waals surface area contributed by atoms with Gasteiger partial charge < -0.3 is 5.32 Å². The molecule has 1 aromatic rings. The maximum atomic E-state index is 11.3. The van der Waals surface area contributed by atoms with E-state index in [1.54, 1.807) is 0 Å². The van der Waals surface area contributed by atoms with Crippen LogP contribution in [0, 0.1) is 0 Å². The van der Waals surface area contributed by atoms with Gasteiger partial charge in [0.05, 0.1) is 6.61 Å². The molecule has 0 fully saturated rings. The van der Waals surface area contributed by atoms with Crippen molar-refractivity contribution in [3.8, 4) is 0 Å². The molecule has 0 aliphatic rings. The van der Waals surface area contributed by atoms with Crippen LogP contribution in [0.25, 0.3) is 0 Å². The largest absolute Gasteiger partial charge is 0.326 e. The Bertz CT molecular complexity index is 272. The molecule has 14 heavy (non-hydrogen) atoms. The van der Waals surface area contributed by atoms with Crippen molar-refractivity contribution in [1.82, 2.24) is 0 Å². The van der Waals surface area contributed by atoms with Crippen LogP contribution in [0.1, 0.15) is 19.3 Å². The first-order chi connectivity index (χ1) is 6.83. The molecule has 0 heterocycles. The standard InChI is InChI=1S/C11H14NO2/c13-9-5-4-8-11(14)12-10-6-2-1-3-7-10/h1-3,6-7H,4-5,8-9H2,(H,12,14). The van der Waals surface area contributed by atoms with Crippen molar-refractivity contribution >= 4 is 11.6 Å². The minimum atomic E-state index is -0.0986. The molecule has 1 aromatic carbocycles. The first-order valence-corrected chi connectivity index (χ1v) is 4.76. The number of hydrogen-bond acceptors (Lipinski definition) is 1. The van der Waals surface area contributed by atoms with Crippen LogP contribution in [0.3, 0.4) is 0 Å². The van der Waals surface area contributed by atoms with Gasteiger partial charge in [0.1, 0.15) is 0 Å². The summed E-state index contributed by atoms with van der Waals surface area (Å²) in [7, 11) is 0. The fraction of sp³-hybridized carbons (Fsp3) is 0.364.